The molecule has 0 aliphatic carbocycles. The van der Waals surface area contributed by atoms with Gasteiger partial charge in [0.2, 0.25) is 0 Å². The monoisotopic (exact) mass is 213 g/mol. The second-order valence-corrected chi connectivity index (χ2v) is 3.24. The third-order valence-corrected chi connectivity index (χ3v) is 1.90. The zero-order valence-corrected chi connectivity index (χ0v) is 8.72. The van der Waals surface area contributed by atoms with Gasteiger partial charge in [0.25, 0.3) is 0 Å². The minimum Gasteiger partial charge on any atom is -0.481 e. The maximum Gasteiger partial charge on any atom is 0.309 e. The number of carbonyl (C=O) groups is 1. The van der Waals surface area contributed by atoms with Gasteiger partial charge in [-0.1, -0.05) is 5.21 Å². The Morgan fingerprint density at radius 3 is 3.07 bits per heavy atom. The summed E-state index contributed by atoms with van der Waals surface area (Å²) in [6.07, 6.45) is 3.51. The molecule has 1 aromatic heterocycles. The maximum absolute atomic E-state index is 10.4. The van der Waals surface area contributed by atoms with Crippen molar-refractivity contribution in [2.24, 2.45) is 0 Å². The largest absolute Gasteiger partial charge is 0.481 e. The first-order chi connectivity index (χ1) is 7.22. The van der Waals surface area contributed by atoms with Gasteiger partial charge in [-0.05, 0) is 12.8 Å². The Kier molecular flexibility index (Phi) is 4.76. The molecule has 1 heterocycles. The van der Waals surface area contributed by atoms with Crippen molar-refractivity contribution in [3.05, 3.63) is 11.9 Å². The van der Waals surface area contributed by atoms with E-state index >= 15 is 0 Å². The fourth-order valence-electron chi connectivity index (χ4n) is 1.20. The molecule has 1 N–H and O–H groups in total. The second-order valence-electron chi connectivity index (χ2n) is 3.24. The van der Waals surface area contributed by atoms with E-state index in [1.807, 2.05) is 0 Å². The normalized spacial score (nSPS) is 10.5. The minimum atomic E-state index is -0.888. The maximum atomic E-state index is 10.4. The molecule has 0 radical (unpaired) electrons. The van der Waals surface area contributed by atoms with Gasteiger partial charge < -0.3 is 9.84 Å². The highest BCUT2D eigenvalue weighted by atomic mass is 16.5. The summed E-state index contributed by atoms with van der Waals surface area (Å²) < 4.78 is 6.58. The summed E-state index contributed by atoms with van der Waals surface area (Å²) in [6, 6.07) is 0. The smallest absolute Gasteiger partial charge is 0.309 e. The fourth-order valence-corrected chi connectivity index (χ4v) is 1.20. The molecule has 15 heavy (non-hydrogen) atoms. The molecule has 0 aliphatic rings. The Bertz CT molecular complexity index is 311. The standard InChI is InChI=1S/C9H15N3O3/c1-15-5-3-2-4-12-7-8(10-11-12)6-9(13)14/h7H,2-6H2,1H3,(H,13,14). The van der Waals surface area contributed by atoms with Crippen LogP contribution in [0.5, 0.6) is 0 Å². The molecule has 0 aliphatic heterocycles. The minimum absolute atomic E-state index is 0.0714. The molecule has 0 saturated heterocycles. The van der Waals surface area contributed by atoms with Crippen LogP contribution >= 0.6 is 0 Å². The first-order valence-electron chi connectivity index (χ1n) is 4.82. The zero-order chi connectivity index (χ0) is 11.1. The van der Waals surface area contributed by atoms with Gasteiger partial charge in [-0.2, -0.15) is 0 Å². The first kappa shape index (κ1) is 11.6. The lowest BCUT2D eigenvalue weighted by atomic mass is 10.3. The highest BCUT2D eigenvalue weighted by molar-refractivity contribution is 5.69. The molecule has 0 fully saturated rings. The van der Waals surface area contributed by atoms with Crippen LogP contribution in [-0.4, -0.2) is 39.8 Å². The summed E-state index contributed by atoms with van der Waals surface area (Å²) in [4.78, 5) is 10.4. The number of unbranched alkanes of at least 4 members (excludes halogenated alkanes) is 1. The third kappa shape index (κ3) is 4.55. The Hall–Kier alpha value is -1.43. The van der Waals surface area contributed by atoms with E-state index in [1.165, 1.54) is 0 Å². The number of methoxy groups -OCH3 is 1. The van der Waals surface area contributed by atoms with E-state index in [2.05, 4.69) is 10.3 Å². The van der Waals surface area contributed by atoms with Crippen LogP contribution < -0.4 is 0 Å². The van der Waals surface area contributed by atoms with Crippen LogP contribution in [0, 0.1) is 0 Å². The van der Waals surface area contributed by atoms with E-state index in [9.17, 15) is 4.79 Å². The number of nitrogens with zero attached hydrogens (tertiary/aromatic N) is 3. The van der Waals surface area contributed by atoms with Crippen LogP contribution in [-0.2, 0) is 22.5 Å². The zero-order valence-electron chi connectivity index (χ0n) is 8.72. The molecule has 0 spiro atoms. The molecule has 84 valence electrons. The van der Waals surface area contributed by atoms with Crippen LogP contribution in [0.4, 0.5) is 0 Å². The van der Waals surface area contributed by atoms with Gasteiger partial charge in [-0.3, -0.25) is 9.48 Å². The Labute approximate surface area is 87.9 Å². The predicted octanol–water partition coefficient (Wildman–Crippen LogP) is 0.332. The average molecular weight is 213 g/mol. The van der Waals surface area contributed by atoms with Crippen molar-refractivity contribution in [1.82, 2.24) is 15.0 Å². The molecule has 1 aromatic rings. The number of hydrogen-bond donors (Lipinski definition) is 1. The molecule has 0 amide bonds. The van der Waals surface area contributed by atoms with Gasteiger partial charge in [0.1, 0.15) is 0 Å². The van der Waals surface area contributed by atoms with Crippen LogP contribution in [0.1, 0.15) is 18.5 Å². The van der Waals surface area contributed by atoms with E-state index in [0.717, 1.165) is 26.0 Å². The summed E-state index contributed by atoms with van der Waals surface area (Å²) in [5.74, 6) is -0.888. The van der Waals surface area contributed by atoms with Crippen LogP contribution in [0.15, 0.2) is 6.20 Å². The van der Waals surface area contributed by atoms with Crippen LogP contribution in [0.3, 0.4) is 0 Å². The summed E-state index contributed by atoms with van der Waals surface area (Å²) in [7, 11) is 1.67. The number of aliphatic carboxylic acids is 1. The highest BCUT2D eigenvalue weighted by Gasteiger charge is 2.04. The van der Waals surface area contributed by atoms with Crippen molar-refractivity contribution in [3.8, 4) is 0 Å². The van der Waals surface area contributed by atoms with Gasteiger partial charge in [0.05, 0.1) is 12.1 Å². The average Bonchev–Trinajstić information content (AvgIpc) is 2.59. The van der Waals surface area contributed by atoms with Gasteiger partial charge in [0.15, 0.2) is 0 Å². The van der Waals surface area contributed by atoms with E-state index < -0.39 is 5.97 Å². The van der Waals surface area contributed by atoms with Crippen molar-refractivity contribution >= 4 is 5.97 Å². The van der Waals surface area contributed by atoms with Gasteiger partial charge in [0, 0.05) is 26.5 Å². The molecule has 6 nitrogen and oxygen atoms in total. The number of aryl methyl sites for hydroxylation is 1. The van der Waals surface area contributed by atoms with E-state index in [0.29, 0.717) is 5.69 Å². The Morgan fingerprint density at radius 2 is 2.40 bits per heavy atom. The molecular weight excluding hydrogens is 198 g/mol. The second kappa shape index (κ2) is 6.13. The van der Waals surface area contributed by atoms with Crippen LogP contribution in [0.25, 0.3) is 0 Å². The summed E-state index contributed by atoms with van der Waals surface area (Å²) in [6.45, 7) is 1.48. The van der Waals surface area contributed by atoms with Crippen molar-refractivity contribution in [2.45, 2.75) is 25.8 Å². The SMILES string of the molecule is COCCCCn1cc(CC(=O)O)nn1. The van der Waals surface area contributed by atoms with E-state index in [4.69, 9.17) is 9.84 Å². The third-order valence-electron chi connectivity index (χ3n) is 1.90. The first-order valence-corrected chi connectivity index (χ1v) is 4.82. The number of aromatic nitrogens is 3. The summed E-state index contributed by atoms with van der Waals surface area (Å²) >= 11 is 0. The predicted molar refractivity (Wildman–Crippen MR) is 52.5 cm³/mol. The number of hydrogen-bond acceptors (Lipinski definition) is 4. The number of carboxylic acid groups (broad SMARTS) is 1. The van der Waals surface area contributed by atoms with Gasteiger partial charge >= 0.3 is 5.97 Å². The van der Waals surface area contributed by atoms with Crippen molar-refractivity contribution < 1.29 is 14.6 Å². The number of carboxylic acids is 1. The molecular formula is C9H15N3O3. The van der Waals surface area contributed by atoms with E-state index in [1.54, 1.807) is 18.0 Å². The van der Waals surface area contributed by atoms with Crippen molar-refractivity contribution in [3.63, 3.8) is 0 Å². The van der Waals surface area contributed by atoms with Gasteiger partial charge in [-0.15, -0.1) is 5.10 Å². The summed E-state index contributed by atoms with van der Waals surface area (Å²) in [5, 5.41) is 16.1. The molecule has 6 heteroatoms. The quantitative estimate of drug-likeness (QED) is 0.660. The fraction of sp³-hybridized carbons (Fsp3) is 0.667. The van der Waals surface area contributed by atoms with Crippen molar-refractivity contribution in [2.75, 3.05) is 13.7 Å². The Morgan fingerprint density at radius 1 is 1.60 bits per heavy atom. The number of ether oxygens (including phenoxy) is 1. The van der Waals surface area contributed by atoms with Gasteiger partial charge in [-0.25, -0.2) is 0 Å². The Balaban J connectivity index is 2.29. The lowest BCUT2D eigenvalue weighted by Crippen LogP contribution is -2.01. The van der Waals surface area contributed by atoms with E-state index in [-0.39, 0.29) is 6.42 Å². The lowest BCUT2D eigenvalue weighted by molar-refractivity contribution is -0.136. The highest BCUT2D eigenvalue weighted by Crippen LogP contribution is 1.98. The topological polar surface area (TPSA) is 77.2 Å². The lowest BCUT2D eigenvalue weighted by Gasteiger charge is -1.99. The number of rotatable bonds is 7. The molecule has 0 atom stereocenters. The molecule has 0 unspecified atom stereocenters. The molecule has 0 saturated carbocycles. The van der Waals surface area contributed by atoms with Crippen molar-refractivity contribution in [1.29, 1.82) is 0 Å². The molecule has 0 aromatic carbocycles. The summed E-state index contributed by atoms with van der Waals surface area (Å²) in [5.41, 5.74) is 0.495. The molecule has 0 bridgehead atoms. The van der Waals surface area contributed by atoms with Crippen LogP contribution in [0.2, 0.25) is 0 Å². The molecule has 1 rings (SSSR count).